The predicted octanol–water partition coefficient (Wildman–Crippen LogP) is 4.52. The normalized spacial score (nSPS) is 32.1. The van der Waals surface area contributed by atoms with Crippen molar-refractivity contribution in [1.29, 1.82) is 0 Å². The van der Waals surface area contributed by atoms with Crippen molar-refractivity contribution in [2.45, 2.75) is 63.5 Å². The highest BCUT2D eigenvalue weighted by Gasteiger charge is 2.40. The van der Waals surface area contributed by atoms with Gasteiger partial charge in [0.15, 0.2) is 0 Å². The van der Waals surface area contributed by atoms with Gasteiger partial charge in [0.25, 0.3) is 0 Å². The fourth-order valence-electron chi connectivity index (χ4n) is 4.79. The van der Waals surface area contributed by atoms with Crippen LogP contribution in [-0.2, 0) is 0 Å². The molecular weight excluding hydrogens is 256 g/mol. The number of hydrogen-bond acceptors (Lipinski definition) is 2. The van der Waals surface area contributed by atoms with Gasteiger partial charge in [-0.25, -0.2) is 0 Å². The summed E-state index contributed by atoms with van der Waals surface area (Å²) in [5, 5.41) is 0. The molecule has 2 heteroatoms. The van der Waals surface area contributed by atoms with Gasteiger partial charge in [-0.15, -0.1) is 0 Å². The molecule has 112 valence electrons. The van der Waals surface area contributed by atoms with E-state index < -0.39 is 0 Å². The van der Waals surface area contributed by atoms with Crippen molar-refractivity contribution in [2.24, 2.45) is 5.92 Å². The summed E-state index contributed by atoms with van der Waals surface area (Å²) in [5.41, 5.74) is 10.3. The second-order valence-corrected chi connectivity index (χ2v) is 6.98. The van der Waals surface area contributed by atoms with E-state index in [1.807, 2.05) is 0 Å². The lowest BCUT2D eigenvalue weighted by molar-refractivity contribution is 0.296. The highest BCUT2D eigenvalue weighted by molar-refractivity contribution is 5.69. The minimum Gasteiger partial charge on any atom is -0.397 e. The van der Waals surface area contributed by atoms with Gasteiger partial charge in [0.1, 0.15) is 0 Å². The quantitative estimate of drug-likeness (QED) is 0.606. The first-order valence-corrected chi connectivity index (χ1v) is 8.68. The Morgan fingerprint density at radius 1 is 0.952 bits per heavy atom. The minimum absolute atomic E-state index is 0.614. The van der Waals surface area contributed by atoms with Crippen LogP contribution in [0, 0.1) is 5.92 Å². The second kappa shape index (κ2) is 5.40. The lowest BCUT2D eigenvalue weighted by Crippen LogP contribution is -2.53. The van der Waals surface area contributed by atoms with E-state index in [9.17, 15) is 0 Å². The first-order chi connectivity index (χ1) is 10.3. The number of para-hydroxylation sites is 2. The van der Waals surface area contributed by atoms with E-state index >= 15 is 0 Å². The Bertz CT molecular complexity index is 548. The van der Waals surface area contributed by atoms with Crippen LogP contribution in [0.1, 0.15) is 51.4 Å². The van der Waals surface area contributed by atoms with Gasteiger partial charge in [0.05, 0.1) is 17.4 Å². The van der Waals surface area contributed by atoms with Crippen molar-refractivity contribution in [2.75, 3.05) is 10.6 Å². The highest BCUT2D eigenvalue weighted by Crippen LogP contribution is 2.44. The average molecular weight is 282 g/mol. The van der Waals surface area contributed by atoms with E-state index in [0.29, 0.717) is 12.1 Å². The van der Waals surface area contributed by atoms with Gasteiger partial charge in [-0.2, -0.15) is 0 Å². The molecule has 3 atom stereocenters. The number of nitrogens with two attached hydrogens (primary N) is 1. The van der Waals surface area contributed by atoms with Gasteiger partial charge in [-0.3, -0.25) is 0 Å². The van der Waals surface area contributed by atoms with Crippen molar-refractivity contribution in [3.05, 3.63) is 35.9 Å². The number of anilines is 2. The lowest BCUT2D eigenvalue weighted by Gasteiger charge is -2.51. The van der Waals surface area contributed by atoms with Gasteiger partial charge < -0.3 is 10.6 Å². The summed E-state index contributed by atoms with van der Waals surface area (Å²) in [4.78, 5) is 2.72. The molecule has 2 N–H and O–H groups in total. The summed E-state index contributed by atoms with van der Waals surface area (Å²) < 4.78 is 0. The van der Waals surface area contributed by atoms with E-state index in [0.717, 1.165) is 11.6 Å². The highest BCUT2D eigenvalue weighted by atomic mass is 15.2. The number of nitrogens with zero attached hydrogens (tertiary/aromatic N) is 1. The van der Waals surface area contributed by atoms with Crippen LogP contribution in [0.4, 0.5) is 11.4 Å². The molecule has 3 aliphatic rings. The van der Waals surface area contributed by atoms with E-state index in [2.05, 4.69) is 35.2 Å². The summed E-state index contributed by atoms with van der Waals surface area (Å²) in [6.45, 7) is 0. The first-order valence-electron chi connectivity index (χ1n) is 8.68. The van der Waals surface area contributed by atoms with Crippen molar-refractivity contribution in [1.82, 2.24) is 0 Å². The zero-order valence-corrected chi connectivity index (χ0v) is 12.8. The van der Waals surface area contributed by atoms with E-state index in [-0.39, 0.29) is 0 Å². The standard InChI is InChI=1S/C19H26N2/c20-16-9-3-6-12-19(16)21-17-10-4-1-7-14(17)13-15-8-2-5-11-18(15)21/h3,6,9,12-14,17-18H,1-2,4-5,7-8,10-11,20H2. The molecule has 1 aromatic rings. The van der Waals surface area contributed by atoms with E-state index in [4.69, 9.17) is 5.73 Å². The number of fused-ring (bicyclic) bond motifs is 2. The molecule has 2 saturated carbocycles. The molecule has 1 aliphatic heterocycles. The van der Waals surface area contributed by atoms with Crippen molar-refractivity contribution >= 4 is 11.4 Å². The average Bonchev–Trinajstić information content (AvgIpc) is 2.53. The first kappa shape index (κ1) is 13.2. The zero-order chi connectivity index (χ0) is 14.2. The topological polar surface area (TPSA) is 29.3 Å². The van der Waals surface area contributed by atoms with Crippen molar-refractivity contribution in [3.63, 3.8) is 0 Å². The van der Waals surface area contributed by atoms with Crippen LogP contribution in [0.15, 0.2) is 35.9 Å². The van der Waals surface area contributed by atoms with Crippen LogP contribution in [-0.4, -0.2) is 12.1 Å². The Balaban J connectivity index is 1.78. The molecule has 0 aromatic heterocycles. The molecular formula is C19H26N2. The van der Waals surface area contributed by atoms with Crippen LogP contribution >= 0.6 is 0 Å². The molecule has 21 heavy (non-hydrogen) atoms. The number of nitrogen functional groups attached to an aromatic ring is 1. The Morgan fingerprint density at radius 2 is 1.76 bits per heavy atom. The molecule has 1 aromatic carbocycles. The molecule has 0 radical (unpaired) electrons. The maximum Gasteiger partial charge on any atom is 0.0607 e. The van der Waals surface area contributed by atoms with Crippen LogP contribution in [0.25, 0.3) is 0 Å². The Kier molecular flexibility index (Phi) is 3.40. The number of rotatable bonds is 1. The maximum absolute atomic E-state index is 6.33. The van der Waals surface area contributed by atoms with E-state index in [1.165, 1.54) is 57.1 Å². The van der Waals surface area contributed by atoms with Crippen LogP contribution in [0.2, 0.25) is 0 Å². The second-order valence-electron chi connectivity index (χ2n) is 6.98. The monoisotopic (exact) mass is 282 g/mol. The Labute approximate surface area is 128 Å². The summed E-state index contributed by atoms with van der Waals surface area (Å²) in [6.07, 6.45) is 13.5. The molecule has 4 rings (SSSR count). The molecule has 0 amide bonds. The number of hydrogen-bond donors (Lipinski definition) is 1. The molecule has 1 heterocycles. The number of benzene rings is 1. The van der Waals surface area contributed by atoms with Crippen molar-refractivity contribution in [3.8, 4) is 0 Å². The fourth-order valence-corrected chi connectivity index (χ4v) is 4.79. The SMILES string of the molecule is Nc1ccccc1N1C2CCCCC2=CC2CCCCC21. The van der Waals surface area contributed by atoms with Crippen LogP contribution < -0.4 is 10.6 Å². The third-order valence-corrected chi connectivity index (χ3v) is 5.74. The smallest absolute Gasteiger partial charge is 0.0607 e. The van der Waals surface area contributed by atoms with Gasteiger partial charge in [0.2, 0.25) is 0 Å². The summed E-state index contributed by atoms with van der Waals surface area (Å²) >= 11 is 0. The molecule has 0 spiro atoms. The molecule has 0 bridgehead atoms. The molecule has 2 aliphatic carbocycles. The van der Waals surface area contributed by atoms with Crippen LogP contribution in [0.5, 0.6) is 0 Å². The summed E-state index contributed by atoms with van der Waals surface area (Å²) in [5.74, 6) is 0.753. The summed E-state index contributed by atoms with van der Waals surface area (Å²) in [6, 6.07) is 9.79. The fraction of sp³-hybridized carbons (Fsp3) is 0.579. The largest absolute Gasteiger partial charge is 0.397 e. The Hall–Kier alpha value is -1.44. The van der Waals surface area contributed by atoms with E-state index in [1.54, 1.807) is 5.57 Å². The molecule has 2 nitrogen and oxygen atoms in total. The van der Waals surface area contributed by atoms with Crippen molar-refractivity contribution < 1.29 is 0 Å². The lowest BCUT2D eigenvalue weighted by atomic mass is 9.74. The van der Waals surface area contributed by atoms with Gasteiger partial charge >= 0.3 is 0 Å². The zero-order valence-electron chi connectivity index (χ0n) is 12.8. The van der Waals surface area contributed by atoms with Gasteiger partial charge in [0, 0.05) is 6.04 Å². The third kappa shape index (κ3) is 2.25. The van der Waals surface area contributed by atoms with Gasteiger partial charge in [-0.1, -0.05) is 43.0 Å². The maximum atomic E-state index is 6.33. The molecule has 0 saturated heterocycles. The molecule has 3 unspecified atom stereocenters. The molecule has 2 fully saturated rings. The third-order valence-electron chi connectivity index (χ3n) is 5.74. The predicted molar refractivity (Wildman–Crippen MR) is 89.4 cm³/mol. The summed E-state index contributed by atoms with van der Waals surface area (Å²) in [7, 11) is 0. The Morgan fingerprint density at radius 3 is 2.67 bits per heavy atom. The van der Waals surface area contributed by atoms with Gasteiger partial charge in [-0.05, 0) is 50.2 Å². The minimum atomic E-state index is 0.614. The van der Waals surface area contributed by atoms with Crippen LogP contribution in [0.3, 0.4) is 0 Å².